The Morgan fingerprint density at radius 1 is 1.10 bits per heavy atom. The highest BCUT2D eigenvalue weighted by Gasteiger charge is 2.30. The molecule has 4 rings (SSSR count). The molecule has 1 aliphatic rings. The van der Waals surface area contributed by atoms with Crippen molar-refractivity contribution >= 4 is 68.1 Å². The van der Waals surface area contributed by atoms with E-state index in [-0.39, 0.29) is 27.6 Å². The number of thiophene rings is 1. The summed E-state index contributed by atoms with van der Waals surface area (Å²) < 4.78 is 11.1. The number of methoxy groups -OCH3 is 2. The zero-order valence-corrected chi connectivity index (χ0v) is 18.2. The summed E-state index contributed by atoms with van der Waals surface area (Å²) >= 11 is 13.9. The number of nitrogens with one attached hydrogen (secondary N) is 2. The third-order valence-corrected chi connectivity index (χ3v) is 6.33. The summed E-state index contributed by atoms with van der Waals surface area (Å²) in [4.78, 5) is 33.5. The van der Waals surface area contributed by atoms with Crippen molar-refractivity contribution in [1.29, 1.82) is 0 Å². The first-order chi connectivity index (χ1) is 14.4. The van der Waals surface area contributed by atoms with Crippen LogP contribution in [0.25, 0.3) is 10.2 Å². The fraction of sp³-hybridized carbons (Fsp3) is 0.263. The summed E-state index contributed by atoms with van der Waals surface area (Å²) in [6, 6.07) is 1.53. The third kappa shape index (κ3) is 3.76. The van der Waals surface area contributed by atoms with Gasteiger partial charge in [-0.1, -0.05) is 23.2 Å². The van der Waals surface area contributed by atoms with E-state index in [0.717, 1.165) is 12.8 Å². The number of carbonyl (C=O) groups is 2. The van der Waals surface area contributed by atoms with Crippen LogP contribution >= 0.6 is 34.5 Å². The Kier molecular flexibility index (Phi) is 5.68. The summed E-state index contributed by atoms with van der Waals surface area (Å²) in [6.07, 6.45) is 3.07. The maximum absolute atomic E-state index is 13.0. The number of carbonyl (C=O) groups excluding carboxylic acids is 2. The van der Waals surface area contributed by atoms with Gasteiger partial charge in [-0.25, -0.2) is 9.97 Å². The van der Waals surface area contributed by atoms with Gasteiger partial charge in [0, 0.05) is 17.4 Å². The highest BCUT2D eigenvalue weighted by molar-refractivity contribution is 7.18. The van der Waals surface area contributed by atoms with E-state index in [1.54, 1.807) is 5.38 Å². The van der Waals surface area contributed by atoms with E-state index in [1.807, 2.05) is 0 Å². The van der Waals surface area contributed by atoms with Crippen molar-refractivity contribution in [1.82, 2.24) is 9.97 Å². The van der Waals surface area contributed by atoms with Crippen LogP contribution in [0.1, 0.15) is 23.2 Å². The number of rotatable bonds is 6. The molecule has 30 heavy (non-hydrogen) atoms. The van der Waals surface area contributed by atoms with E-state index < -0.39 is 5.91 Å². The lowest BCUT2D eigenvalue weighted by Gasteiger charge is -2.15. The molecule has 0 unspecified atom stereocenters. The van der Waals surface area contributed by atoms with Crippen molar-refractivity contribution in [3.8, 4) is 11.5 Å². The van der Waals surface area contributed by atoms with Crippen LogP contribution in [-0.2, 0) is 4.79 Å². The Morgan fingerprint density at radius 2 is 1.77 bits per heavy atom. The van der Waals surface area contributed by atoms with Crippen LogP contribution in [0.3, 0.4) is 0 Å². The first kappa shape index (κ1) is 20.6. The van der Waals surface area contributed by atoms with Crippen LogP contribution in [0.15, 0.2) is 17.8 Å². The maximum Gasteiger partial charge on any atom is 0.258 e. The quantitative estimate of drug-likeness (QED) is 0.549. The molecule has 0 spiro atoms. The van der Waals surface area contributed by atoms with Gasteiger partial charge in [0.2, 0.25) is 5.91 Å². The van der Waals surface area contributed by atoms with Gasteiger partial charge < -0.3 is 20.1 Å². The predicted molar refractivity (Wildman–Crippen MR) is 116 cm³/mol. The van der Waals surface area contributed by atoms with E-state index in [0.29, 0.717) is 33.1 Å². The molecule has 0 saturated heterocycles. The zero-order valence-electron chi connectivity index (χ0n) is 15.9. The molecule has 8 nitrogen and oxygen atoms in total. The normalized spacial score (nSPS) is 13.2. The van der Waals surface area contributed by atoms with E-state index in [1.165, 1.54) is 38.0 Å². The van der Waals surface area contributed by atoms with Gasteiger partial charge in [-0.05, 0) is 12.8 Å². The zero-order chi connectivity index (χ0) is 21.4. The van der Waals surface area contributed by atoms with Crippen LogP contribution in [-0.4, -0.2) is 36.0 Å². The highest BCUT2D eigenvalue weighted by Crippen LogP contribution is 2.44. The summed E-state index contributed by atoms with van der Waals surface area (Å²) in [5.41, 5.74) is 0.879. The largest absolute Gasteiger partial charge is 0.495 e. The molecule has 2 aromatic heterocycles. The van der Waals surface area contributed by atoms with E-state index in [2.05, 4.69) is 20.6 Å². The fourth-order valence-electron chi connectivity index (χ4n) is 2.84. The average molecular weight is 467 g/mol. The lowest BCUT2D eigenvalue weighted by molar-refractivity contribution is -0.117. The number of benzene rings is 1. The first-order valence-electron chi connectivity index (χ1n) is 8.89. The third-order valence-electron chi connectivity index (χ3n) is 4.60. The van der Waals surface area contributed by atoms with Crippen molar-refractivity contribution in [3.63, 3.8) is 0 Å². The van der Waals surface area contributed by atoms with Gasteiger partial charge in [-0.2, -0.15) is 0 Å². The second kappa shape index (κ2) is 8.25. The number of ether oxygens (including phenoxy) is 2. The molecule has 0 aliphatic heterocycles. The number of aromatic nitrogens is 2. The molecule has 1 aromatic carbocycles. The monoisotopic (exact) mass is 466 g/mol. The Labute approximate surface area is 185 Å². The summed E-state index contributed by atoms with van der Waals surface area (Å²) in [5, 5.41) is 7.44. The second-order valence-corrected chi connectivity index (χ2v) is 8.19. The van der Waals surface area contributed by atoms with Gasteiger partial charge in [-0.3, -0.25) is 9.59 Å². The molecule has 0 radical (unpaired) electrons. The molecular weight excluding hydrogens is 451 g/mol. The van der Waals surface area contributed by atoms with Crippen molar-refractivity contribution in [2.24, 2.45) is 5.92 Å². The minimum atomic E-state index is -0.474. The van der Waals surface area contributed by atoms with Gasteiger partial charge in [0.05, 0.1) is 35.7 Å². The first-order valence-corrected chi connectivity index (χ1v) is 10.5. The van der Waals surface area contributed by atoms with Gasteiger partial charge in [0.1, 0.15) is 27.9 Å². The minimum Gasteiger partial charge on any atom is -0.495 e. The standard InChI is InChI=1S/C19H16Cl2N4O4S/c1-28-10-5-11(29-2)13(21)15(12(10)20)24-19(27)9-6-30-16-14(9)22-7-23-17(16)25-18(26)8-3-4-8/h5-8H,3-4H2,1-2H3,(H,24,27)(H,22,23,25,26). The topological polar surface area (TPSA) is 102 Å². The minimum absolute atomic E-state index is 0.0325. The molecule has 0 bridgehead atoms. The number of nitrogens with zero attached hydrogens (tertiary/aromatic N) is 2. The van der Waals surface area contributed by atoms with Gasteiger partial charge in [-0.15, -0.1) is 11.3 Å². The van der Waals surface area contributed by atoms with E-state index in [4.69, 9.17) is 32.7 Å². The van der Waals surface area contributed by atoms with Crippen LogP contribution in [0.5, 0.6) is 11.5 Å². The van der Waals surface area contributed by atoms with Crippen molar-refractivity contribution < 1.29 is 19.1 Å². The SMILES string of the molecule is COc1cc(OC)c(Cl)c(NC(=O)c2csc3c(NC(=O)C4CC4)ncnc23)c1Cl. The number of hydrogen-bond donors (Lipinski definition) is 2. The summed E-state index contributed by atoms with van der Waals surface area (Å²) in [5.74, 6) is 0.478. The smallest absolute Gasteiger partial charge is 0.258 e. The Hall–Kier alpha value is -2.62. The van der Waals surface area contributed by atoms with Gasteiger partial charge in [0.25, 0.3) is 5.91 Å². The van der Waals surface area contributed by atoms with Gasteiger partial charge >= 0.3 is 0 Å². The van der Waals surface area contributed by atoms with Crippen LogP contribution in [0.4, 0.5) is 11.5 Å². The number of anilines is 2. The number of halogens is 2. The molecule has 1 fully saturated rings. The molecule has 0 atom stereocenters. The number of hydrogen-bond acceptors (Lipinski definition) is 7. The Bertz CT molecular complexity index is 1130. The fourth-order valence-corrected chi connectivity index (χ4v) is 4.38. The van der Waals surface area contributed by atoms with Crippen LogP contribution in [0, 0.1) is 5.92 Å². The van der Waals surface area contributed by atoms with E-state index in [9.17, 15) is 9.59 Å². The molecular formula is C19H16Cl2N4O4S. The molecule has 3 aromatic rings. The maximum atomic E-state index is 13.0. The van der Waals surface area contributed by atoms with Crippen molar-refractivity contribution in [3.05, 3.63) is 33.4 Å². The number of amides is 2. The molecule has 11 heteroatoms. The van der Waals surface area contributed by atoms with Crippen LogP contribution < -0.4 is 20.1 Å². The molecule has 2 amide bonds. The van der Waals surface area contributed by atoms with Crippen molar-refractivity contribution in [2.75, 3.05) is 24.9 Å². The van der Waals surface area contributed by atoms with Gasteiger partial charge in [0.15, 0.2) is 5.82 Å². The summed E-state index contributed by atoms with van der Waals surface area (Å²) in [6.45, 7) is 0. The summed E-state index contributed by atoms with van der Waals surface area (Å²) in [7, 11) is 2.89. The van der Waals surface area contributed by atoms with Crippen molar-refractivity contribution in [2.45, 2.75) is 12.8 Å². The molecule has 2 heterocycles. The lowest BCUT2D eigenvalue weighted by atomic mass is 10.2. The molecule has 156 valence electrons. The molecule has 2 N–H and O–H groups in total. The predicted octanol–water partition coefficient (Wildman–Crippen LogP) is 4.62. The van der Waals surface area contributed by atoms with Crippen LogP contribution in [0.2, 0.25) is 10.0 Å². The Balaban J connectivity index is 1.67. The average Bonchev–Trinajstić information content (AvgIpc) is 3.50. The highest BCUT2D eigenvalue weighted by atomic mass is 35.5. The lowest BCUT2D eigenvalue weighted by Crippen LogP contribution is -2.15. The second-order valence-electron chi connectivity index (χ2n) is 6.55. The van der Waals surface area contributed by atoms with E-state index >= 15 is 0 Å². The Morgan fingerprint density at radius 3 is 2.37 bits per heavy atom. The molecule has 1 aliphatic carbocycles. The number of fused-ring (bicyclic) bond motifs is 1. The molecule has 1 saturated carbocycles.